The summed E-state index contributed by atoms with van der Waals surface area (Å²) in [5.41, 5.74) is 5.66. The minimum atomic E-state index is -0.236. The molecule has 1 atom stereocenters. The minimum absolute atomic E-state index is 0.113. The van der Waals surface area contributed by atoms with Gasteiger partial charge in [0.2, 0.25) is 0 Å². The fourth-order valence-electron chi connectivity index (χ4n) is 0.975. The third-order valence-corrected chi connectivity index (χ3v) is 1.90. The van der Waals surface area contributed by atoms with E-state index in [1.165, 1.54) is 20.0 Å². The average Bonchev–Trinajstić information content (AvgIpc) is 2.83. The Bertz CT molecular complexity index is 157. The molecule has 0 aromatic carbocycles. The van der Waals surface area contributed by atoms with Crippen molar-refractivity contribution in [2.45, 2.75) is 31.3 Å². The van der Waals surface area contributed by atoms with Crippen LogP contribution in [0, 0.1) is 0 Å². The average molecular weight is 172 g/mol. The van der Waals surface area contributed by atoms with E-state index in [1.807, 2.05) is 0 Å². The van der Waals surface area contributed by atoms with Gasteiger partial charge in [0.05, 0.1) is 13.5 Å². The maximum Gasteiger partial charge on any atom is 0.307 e. The molecule has 1 unspecified atom stereocenters. The first-order valence-electron chi connectivity index (χ1n) is 4.28. The zero-order valence-electron chi connectivity index (χ0n) is 7.38. The summed E-state index contributed by atoms with van der Waals surface area (Å²) in [4.78, 5) is 10.8. The Morgan fingerprint density at radius 2 is 2.42 bits per heavy atom. The van der Waals surface area contributed by atoms with Crippen molar-refractivity contribution in [3.05, 3.63) is 0 Å². The summed E-state index contributed by atoms with van der Waals surface area (Å²) in [6.45, 7) is 0.708. The lowest BCUT2D eigenvalue weighted by Gasteiger charge is -2.10. The van der Waals surface area contributed by atoms with E-state index >= 15 is 0 Å². The van der Waals surface area contributed by atoms with Gasteiger partial charge in [0.1, 0.15) is 0 Å². The Balaban J connectivity index is 2.01. The molecule has 0 aromatic rings. The number of hydrogen-bond acceptors (Lipinski definition) is 4. The molecule has 3 N–H and O–H groups in total. The number of carbonyl (C=O) groups is 1. The van der Waals surface area contributed by atoms with E-state index in [-0.39, 0.29) is 12.0 Å². The highest BCUT2D eigenvalue weighted by atomic mass is 16.5. The number of ether oxygens (including phenoxy) is 1. The summed E-state index contributed by atoms with van der Waals surface area (Å²) in [6, 6.07) is 0.534. The molecule has 0 heterocycles. The Morgan fingerprint density at radius 3 is 2.92 bits per heavy atom. The van der Waals surface area contributed by atoms with Crippen LogP contribution in [0.1, 0.15) is 19.3 Å². The number of hydrogen-bond donors (Lipinski definition) is 2. The molecule has 1 rings (SSSR count). The number of methoxy groups -OCH3 is 1. The van der Waals surface area contributed by atoms with Gasteiger partial charge in [-0.1, -0.05) is 0 Å². The van der Waals surface area contributed by atoms with Crippen molar-refractivity contribution >= 4 is 5.97 Å². The number of nitrogens with one attached hydrogen (secondary N) is 1. The van der Waals surface area contributed by atoms with Gasteiger partial charge >= 0.3 is 5.97 Å². The summed E-state index contributed by atoms with van der Waals surface area (Å²) in [5.74, 6) is -0.236. The second-order valence-corrected chi connectivity index (χ2v) is 3.22. The lowest BCUT2D eigenvalue weighted by atomic mass is 10.2. The highest BCUT2D eigenvalue weighted by Gasteiger charge is 2.21. The molecule has 0 amide bonds. The molecule has 0 bridgehead atoms. The Morgan fingerprint density at radius 1 is 1.75 bits per heavy atom. The van der Waals surface area contributed by atoms with Crippen molar-refractivity contribution < 1.29 is 9.53 Å². The van der Waals surface area contributed by atoms with Gasteiger partial charge in [0.25, 0.3) is 0 Å². The molecule has 1 saturated carbocycles. The maximum absolute atomic E-state index is 10.8. The molecule has 1 aliphatic carbocycles. The largest absolute Gasteiger partial charge is 0.469 e. The topological polar surface area (TPSA) is 64.3 Å². The van der Waals surface area contributed by atoms with E-state index in [0.29, 0.717) is 19.0 Å². The van der Waals surface area contributed by atoms with Crippen LogP contribution in [-0.4, -0.2) is 31.7 Å². The Kier molecular flexibility index (Phi) is 3.49. The monoisotopic (exact) mass is 172 g/mol. The van der Waals surface area contributed by atoms with E-state index in [9.17, 15) is 4.79 Å². The summed E-state index contributed by atoms with van der Waals surface area (Å²) in [5, 5.41) is 3.25. The van der Waals surface area contributed by atoms with Crippen LogP contribution < -0.4 is 11.1 Å². The molecular formula is C8H16N2O2. The van der Waals surface area contributed by atoms with Gasteiger partial charge in [-0.2, -0.15) is 0 Å². The molecule has 70 valence electrons. The summed E-state index contributed by atoms with van der Waals surface area (Å²) in [7, 11) is 1.38. The second-order valence-electron chi connectivity index (χ2n) is 3.22. The summed E-state index contributed by atoms with van der Waals surface area (Å²) < 4.78 is 4.50. The molecular weight excluding hydrogens is 156 g/mol. The van der Waals surface area contributed by atoms with Gasteiger partial charge in [-0.25, -0.2) is 0 Å². The van der Waals surface area contributed by atoms with Crippen LogP contribution in [0.4, 0.5) is 0 Å². The highest BCUT2D eigenvalue weighted by Crippen LogP contribution is 2.18. The summed E-state index contributed by atoms with van der Waals surface area (Å²) >= 11 is 0. The van der Waals surface area contributed by atoms with E-state index < -0.39 is 0 Å². The highest BCUT2D eigenvalue weighted by molar-refractivity contribution is 5.69. The van der Waals surface area contributed by atoms with Crippen molar-refractivity contribution in [1.29, 1.82) is 0 Å². The van der Waals surface area contributed by atoms with Crippen LogP contribution >= 0.6 is 0 Å². The molecule has 4 nitrogen and oxygen atoms in total. The number of carbonyl (C=O) groups excluding carboxylic acids is 1. The Hall–Kier alpha value is -0.610. The minimum Gasteiger partial charge on any atom is -0.469 e. The van der Waals surface area contributed by atoms with Crippen LogP contribution in [0.25, 0.3) is 0 Å². The van der Waals surface area contributed by atoms with Gasteiger partial charge in [0.15, 0.2) is 0 Å². The first kappa shape index (κ1) is 9.48. The van der Waals surface area contributed by atoms with Gasteiger partial charge in [0, 0.05) is 18.6 Å². The zero-order valence-corrected chi connectivity index (χ0v) is 7.38. The van der Waals surface area contributed by atoms with Gasteiger partial charge < -0.3 is 15.8 Å². The smallest absolute Gasteiger partial charge is 0.307 e. The predicted molar refractivity (Wildman–Crippen MR) is 45.6 cm³/mol. The SMILES string of the molecule is COC(=O)CC(N)CNC1CC1. The first-order valence-corrected chi connectivity index (χ1v) is 4.28. The zero-order chi connectivity index (χ0) is 8.97. The molecule has 0 radical (unpaired) electrons. The molecule has 4 heteroatoms. The van der Waals surface area contributed by atoms with E-state index in [2.05, 4.69) is 10.1 Å². The third kappa shape index (κ3) is 3.69. The molecule has 12 heavy (non-hydrogen) atoms. The summed E-state index contributed by atoms with van der Waals surface area (Å²) in [6.07, 6.45) is 2.78. The molecule has 0 spiro atoms. The predicted octanol–water partition coefficient (Wildman–Crippen LogP) is -0.371. The van der Waals surface area contributed by atoms with Crippen LogP contribution in [0.5, 0.6) is 0 Å². The standard InChI is InChI=1S/C8H16N2O2/c1-12-8(11)4-6(9)5-10-7-2-3-7/h6-7,10H,2-5,9H2,1H3. The van der Waals surface area contributed by atoms with Gasteiger partial charge in [-0.15, -0.1) is 0 Å². The van der Waals surface area contributed by atoms with Crippen molar-refractivity contribution in [3.8, 4) is 0 Å². The fourth-order valence-corrected chi connectivity index (χ4v) is 0.975. The van der Waals surface area contributed by atoms with Crippen LogP contribution in [0.3, 0.4) is 0 Å². The number of esters is 1. The molecule has 1 fully saturated rings. The van der Waals surface area contributed by atoms with Crippen LogP contribution in [-0.2, 0) is 9.53 Å². The molecule has 0 aromatic heterocycles. The van der Waals surface area contributed by atoms with E-state index in [4.69, 9.17) is 5.73 Å². The number of nitrogens with two attached hydrogens (primary N) is 1. The Labute approximate surface area is 72.5 Å². The van der Waals surface area contributed by atoms with Crippen LogP contribution in [0.15, 0.2) is 0 Å². The second kappa shape index (κ2) is 4.42. The van der Waals surface area contributed by atoms with Gasteiger partial charge in [-0.05, 0) is 12.8 Å². The van der Waals surface area contributed by atoms with Crippen molar-refractivity contribution in [2.75, 3.05) is 13.7 Å². The van der Waals surface area contributed by atoms with Crippen LogP contribution in [0.2, 0.25) is 0 Å². The van der Waals surface area contributed by atoms with Crippen molar-refractivity contribution in [3.63, 3.8) is 0 Å². The van der Waals surface area contributed by atoms with E-state index in [0.717, 1.165) is 0 Å². The third-order valence-electron chi connectivity index (χ3n) is 1.90. The maximum atomic E-state index is 10.8. The van der Waals surface area contributed by atoms with Gasteiger partial charge in [-0.3, -0.25) is 4.79 Å². The normalized spacial score (nSPS) is 18.8. The van der Waals surface area contributed by atoms with E-state index in [1.54, 1.807) is 0 Å². The molecule has 0 aliphatic heterocycles. The van der Waals surface area contributed by atoms with Crippen molar-refractivity contribution in [1.82, 2.24) is 5.32 Å². The number of rotatable bonds is 5. The van der Waals surface area contributed by atoms with Crippen molar-refractivity contribution in [2.24, 2.45) is 5.73 Å². The molecule has 1 aliphatic rings. The lowest BCUT2D eigenvalue weighted by molar-refractivity contribution is -0.140. The fraction of sp³-hybridized carbons (Fsp3) is 0.875. The first-order chi connectivity index (χ1) is 5.72. The lowest BCUT2D eigenvalue weighted by Crippen LogP contribution is -2.36. The molecule has 0 saturated heterocycles. The quantitative estimate of drug-likeness (QED) is 0.555.